The lowest BCUT2D eigenvalue weighted by Gasteiger charge is -2.15. The molecule has 0 radical (unpaired) electrons. The van der Waals surface area contributed by atoms with Crippen LogP contribution in [-0.2, 0) is 6.54 Å². The molecule has 0 spiro atoms. The standard InChI is InChI=1S/C15H14BrCl2NOS/c1-19(8-10-7-14(16)21-9-10)6-5-13(20)11-3-2-4-12(17)15(11)18/h2-4,7,9H,5-6,8H2,1H3. The second kappa shape index (κ2) is 7.75. The van der Waals surface area contributed by atoms with E-state index in [4.69, 9.17) is 23.2 Å². The van der Waals surface area contributed by atoms with Crippen molar-refractivity contribution in [2.24, 2.45) is 0 Å². The molecule has 1 heterocycles. The topological polar surface area (TPSA) is 20.3 Å². The number of hydrogen-bond acceptors (Lipinski definition) is 3. The molecule has 1 aromatic carbocycles. The molecule has 6 heteroatoms. The maximum Gasteiger partial charge on any atom is 0.165 e. The average Bonchev–Trinajstić information content (AvgIpc) is 2.84. The smallest absolute Gasteiger partial charge is 0.165 e. The molecular weight excluding hydrogens is 393 g/mol. The quantitative estimate of drug-likeness (QED) is 0.588. The Bertz CT molecular complexity index is 644. The fourth-order valence-corrected chi connectivity index (χ4v) is 3.57. The molecule has 0 atom stereocenters. The van der Waals surface area contributed by atoms with Gasteiger partial charge in [0.1, 0.15) is 0 Å². The number of hydrogen-bond donors (Lipinski definition) is 0. The van der Waals surface area contributed by atoms with Crippen molar-refractivity contribution in [3.8, 4) is 0 Å². The summed E-state index contributed by atoms with van der Waals surface area (Å²) < 4.78 is 1.12. The molecule has 0 aliphatic heterocycles. The second-order valence-corrected chi connectivity index (χ2v) is 7.85. The molecule has 2 aromatic rings. The number of carbonyl (C=O) groups excluding carboxylic acids is 1. The minimum atomic E-state index is 0.0147. The van der Waals surface area contributed by atoms with Gasteiger partial charge in [-0.15, -0.1) is 11.3 Å². The Morgan fingerprint density at radius 1 is 1.38 bits per heavy atom. The molecule has 0 saturated heterocycles. The van der Waals surface area contributed by atoms with Gasteiger partial charge in [0.25, 0.3) is 0 Å². The van der Waals surface area contributed by atoms with Crippen molar-refractivity contribution >= 4 is 56.3 Å². The van der Waals surface area contributed by atoms with Crippen LogP contribution >= 0.6 is 50.5 Å². The molecule has 0 aliphatic carbocycles. The first-order chi connectivity index (χ1) is 9.97. The summed E-state index contributed by atoms with van der Waals surface area (Å²) in [6.07, 6.45) is 0.419. The number of carbonyl (C=O) groups is 1. The van der Waals surface area contributed by atoms with Crippen LogP contribution in [0.4, 0.5) is 0 Å². The van der Waals surface area contributed by atoms with Crippen molar-refractivity contribution in [1.29, 1.82) is 0 Å². The summed E-state index contributed by atoms with van der Waals surface area (Å²) in [5.41, 5.74) is 1.73. The molecule has 0 fully saturated rings. The SMILES string of the molecule is CN(CCC(=O)c1cccc(Cl)c1Cl)Cc1csc(Br)c1. The number of ketones is 1. The number of halogens is 3. The van der Waals surface area contributed by atoms with Crippen LogP contribution in [-0.4, -0.2) is 24.3 Å². The highest BCUT2D eigenvalue weighted by Crippen LogP contribution is 2.26. The van der Waals surface area contributed by atoms with Crippen molar-refractivity contribution in [3.63, 3.8) is 0 Å². The normalized spacial score (nSPS) is 11.1. The lowest BCUT2D eigenvalue weighted by atomic mass is 10.1. The molecule has 112 valence electrons. The van der Waals surface area contributed by atoms with E-state index in [1.54, 1.807) is 29.5 Å². The van der Waals surface area contributed by atoms with Gasteiger partial charge in [-0.2, -0.15) is 0 Å². The Labute approximate surface area is 146 Å². The summed E-state index contributed by atoms with van der Waals surface area (Å²) in [7, 11) is 2.00. The highest BCUT2D eigenvalue weighted by atomic mass is 79.9. The summed E-state index contributed by atoms with van der Waals surface area (Å²) in [5, 5.41) is 2.86. The second-order valence-electron chi connectivity index (χ2n) is 4.77. The summed E-state index contributed by atoms with van der Waals surface area (Å²) in [5.74, 6) is 0.0147. The minimum Gasteiger partial charge on any atom is -0.302 e. The zero-order valence-electron chi connectivity index (χ0n) is 11.4. The van der Waals surface area contributed by atoms with Gasteiger partial charge in [-0.05, 0) is 52.1 Å². The van der Waals surface area contributed by atoms with E-state index in [0.717, 1.165) is 10.3 Å². The molecule has 1 aromatic heterocycles. The van der Waals surface area contributed by atoms with Gasteiger partial charge in [-0.3, -0.25) is 4.79 Å². The predicted molar refractivity (Wildman–Crippen MR) is 93.8 cm³/mol. The average molecular weight is 407 g/mol. The van der Waals surface area contributed by atoms with Crippen molar-refractivity contribution in [1.82, 2.24) is 4.90 Å². The minimum absolute atomic E-state index is 0.0147. The zero-order chi connectivity index (χ0) is 15.4. The van der Waals surface area contributed by atoms with Gasteiger partial charge in [0.2, 0.25) is 0 Å². The maximum atomic E-state index is 12.2. The van der Waals surface area contributed by atoms with E-state index in [1.807, 2.05) is 7.05 Å². The van der Waals surface area contributed by atoms with E-state index < -0.39 is 0 Å². The van der Waals surface area contributed by atoms with E-state index in [1.165, 1.54) is 5.56 Å². The van der Waals surface area contributed by atoms with E-state index in [0.29, 0.717) is 28.6 Å². The van der Waals surface area contributed by atoms with Crippen LogP contribution in [0.25, 0.3) is 0 Å². The number of thiophene rings is 1. The van der Waals surface area contributed by atoms with Crippen molar-refractivity contribution in [3.05, 3.63) is 54.6 Å². The van der Waals surface area contributed by atoms with Gasteiger partial charge < -0.3 is 4.90 Å². The van der Waals surface area contributed by atoms with Crippen molar-refractivity contribution in [2.45, 2.75) is 13.0 Å². The number of nitrogens with zero attached hydrogens (tertiary/aromatic N) is 1. The summed E-state index contributed by atoms with van der Waals surface area (Å²) in [6, 6.07) is 7.23. The van der Waals surface area contributed by atoms with E-state index in [2.05, 4.69) is 32.3 Å². The summed E-state index contributed by atoms with van der Waals surface area (Å²) in [4.78, 5) is 14.3. The Hall–Kier alpha value is -0.390. The van der Waals surface area contributed by atoms with E-state index >= 15 is 0 Å². The number of benzene rings is 1. The Morgan fingerprint density at radius 3 is 2.81 bits per heavy atom. The third kappa shape index (κ3) is 4.80. The van der Waals surface area contributed by atoms with E-state index in [9.17, 15) is 4.79 Å². The molecule has 21 heavy (non-hydrogen) atoms. The fraction of sp³-hybridized carbons (Fsp3) is 0.267. The Morgan fingerprint density at radius 2 is 2.14 bits per heavy atom. The van der Waals surface area contributed by atoms with Crippen molar-refractivity contribution < 1.29 is 4.79 Å². The molecule has 0 bridgehead atoms. The highest BCUT2D eigenvalue weighted by molar-refractivity contribution is 9.11. The number of rotatable bonds is 6. The van der Waals surface area contributed by atoms with Gasteiger partial charge in [-0.1, -0.05) is 29.3 Å². The molecule has 0 unspecified atom stereocenters. The van der Waals surface area contributed by atoms with Crippen LogP contribution in [0, 0.1) is 0 Å². The first kappa shape index (κ1) is 17.0. The van der Waals surface area contributed by atoms with Crippen LogP contribution in [0.15, 0.2) is 33.4 Å². The van der Waals surface area contributed by atoms with Crippen molar-refractivity contribution in [2.75, 3.05) is 13.6 Å². The van der Waals surface area contributed by atoms with Gasteiger partial charge >= 0.3 is 0 Å². The molecule has 2 nitrogen and oxygen atoms in total. The molecule has 2 rings (SSSR count). The zero-order valence-corrected chi connectivity index (χ0v) is 15.3. The Balaban J connectivity index is 1.90. The highest BCUT2D eigenvalue weighted by Gasteiger charge is 2.13. The van der Waals surface area contributed by atoms with Crippen LogP contribution < -0.4 is 0 Å². The monoisotopic (exact) mass is 405 g/mol. The van der Waals surface area contributed by atoms with Gasteiger partial charge in [0.15, 0.2) is 5.78 Å². The molecule has 0 amide bonds. The fourth-order valence-electron chi connectivity index (χ4n) is 1.97. The van der Waals surface area contributed by atoms with Gasteiger partial charge in [-0.25, -0.2) is 0 Å². The largest absolute Gasteiger partial charge is 0.302 e. The van der Waals surface area contributed by atoms with Crippen LogP contribution in [0.3, 0.4) is 0 Å². The van der Waals surface area contributed by atoms with Crippen LogP contribution in [0.5, 0.6) is 0 Å². The first-order valence-corrected chi connectivity index (χ1v) is 8.79. The molecule has 0 saturated carbocycles. The third-order valence-corrected chi connectivity index (χ3v) is 5.42. The third-order valence-electron chi connectivity index (χ3n) is 3.05. The molecule has 0 aliphatic rings. The first-order valence-electron chi connectivity index (χ1n) is 6.36. The lowest BCUT2D eigenvalue weighted by molar-refractivity contribution is 0.0968. The number of Topliss-reactive ketones (excluding diaryl/α,β-unsaturated/α-hetero) is 1. The van der Waals surface area contributed by atoms with Gasteiger partial charge in [0.05, 0.1) is 13.8 Å². The van der Waals surface area contributed by atoms with Crippen LogP contribution in [0.1, 0.15) is 22.3 Å². The summed E-state index contributed by atoms with van der Waals surface area (Å²) >= 11 is 17.1. The van der Waals surface area contributed by atoms with Gasteiger partial charge in [0, 0.05) is 25.1 Å². The summed E-state index contributed by atoms with van der Waals surface area (Å²) in [6.45, 7) is 1.49. The predicted octanol–water partition coefficient (Wildman–Crippen LogP) is 5.52. The molecular formula is C15H14BrCl2NOS. The van der Waals surface area contributed by atoms with E-state index in [-0.39, 0.29) is 5.78 Å². The lowest BCUT2D eigenvalue weighted by Crippen LogP contribution is -2.21. The van der Waals surface area contributed by atoms with Crippen LogP contribution in [0.2, 0.25) is 10.0 Å². The maximum absolute atomic E-state index is 12.2. The Kier molecular flexibility index (Phi) is 6.26. The molecule has 0 N–H and O–H groups in total.